The second kappa shape index (κ2) is 7.05. The molecule has 26 heavy (non-hydrogen) atoms. The highest BCUT2D eigenvalue weighted by Gasteiger charge is 2.17. The molecule has 2 heterocycles. The van der Waals surface area contributed by atoms with E-state index in [1.165, 1.54) is 11.8 Å². The van der Waals surface area contributed by atoms with E-state index in [9.17, 15) is 9.59 Å². The smallest absolute Gasteiger partial charge is 0.338 e. The predicted octanol–water partition coefficient (Wildman–Crippen LogP) is 3.27. The van der Waals surface area contributed by atoms with Crippen molar-refractivity contribution >= 4 is 29.3 Å². The summed E-state index contributed by atoms with van der Waals surface area (Å²) in [6.45, 7) is 0.177. The Balaban J connectivity index is 1.41. The van der Waals surface area contributed by atoms with E-state index in [1.54, 1.807) is 23.0 Å². The van der Waals surface area contributed by atoms with Gasteiger partial charge in [-0.05, 0) is 42.0 Å². The minimum atomic E-state index is -0.422. The number of hydrogen-bond donors (Lipinski definition) is 1. The molecular formula is C19H15N3O3S. The standard InChI is InChI=1S/C19H15N3O3S/c23-18-12-26-17-7-4-14(10-16(17)21-18)19(24)25-11-13-2-5-15(6-3-13)22-9-1-8-20-22/h1-10H,11-12H2,(H,21,23). The molecule has 1 aliphatic rings. The number of fused-ring (bicyclic) bond motifs is 1. The molecule has 0 saturated heterocycles. The third-order valence-corrected chi connectivity index (χ3v) is 5.00. The molecule has 7 heteroatoms. The lowest BCUT2D eigenvalue weighted by Gasteiger charge is -2.16. The monoisotopic (exact) mass is 365 g/mol. The fourth-order valence-corrected chi connectivity index (χ4v) is 3.40. The zero-order valence-electron chi connectivity index (χ0n) is 13.7. The summed E-state index contributed by atoms with van der Waals surface area (Å²) >= 11 is 1.46. The average molecular weight is 365 g/mol. The maximum atomic E-state index is 12.3. The van der Waals surface area contributed by atoms with Gasteiger partial charge < -0.3 is 10.1 Å². The molecule has 0 bridgehead atoms. The van der Waals surface area contributed by atoms with Gasteiger partial charge in [0, 0.05) is 17.3 Å². The molecule has 1 N–H and O–H groups in total. The van der Waals surface area contributed by atoms with E-state index < -0.39 is 5.97 Å². The zero-order chi connectivity index (χ0) is 17.9. The Morgan fingerprint density at radius 3 is 2.85 bits per heavy atom. The zero-order valence-corrected chi connectivity index (χ0v) is 14.5. The number of nitrogens with zero attached hydrogens (tertiary/aromatic N) is 2. The van der Waals surface area contributed by atoms with Crippen LogP contribution in [-0.2, 0) is 16.1 Å². The lowest BCUT2D eigenvalue weighted by atomic mass is 10.2. The van der Waals surface area contributed by atoms with Gasteiger partial charge in [-0.25, -0.2) is 9.48 Å². The van der Waals surface area contributed by atoms with Gasteiger partial charge in [-0.1, -0.05) is 12.1 Å². The molecule has 0 radical (unpaired) electrons. The first-order valence-electron chi connectivity index (χ1n) is 8.02. The average Bonchev–Trinajstić information content (AvgIpc) is 3.20. The van der Waals surface area contributed by atoms with Crippen molar-refractivity contribution in [2.24, 2.45) is 0 Å². The number of thioether (sulfide) groups is 1. The number of anilines is 1. The number of benzene rings is 2. The van der Waals surface area contributed by atoms with Crippen LogP contribution in [0.15, 0.2) is 65.8 Å². The third-order valence-electron chi connectivity index (χ3n) is 3.92. The number of ether oxygens (including phenoxy) is 1. The van der Waals surface area contributed by atoms with E-state index in [0.717, 1.165) is 16.1 Å². The largest absolute Gasteiger partial charge is 0.457 e. The summed E-state index contributed by atoms with van der Waals surface area (Å²) in [5.41, 5.74) is 2.90. The van der Waals surface area contributed by atoms with Crippen molar-refractivity contribution in [1.82, 2.24) is 9.78 Å². The summed E-state index contributed by atoms with van der Waals surface area (Å²) in [6, 6.07) is 14.7. The molecule has 0 aliphatic carbocycles. The predicted molar refractivity (Wildman–Crippen MR) is 98.5 cm³/mol. The van der Waals surface area contributed by atoms with Crippen LogP contribution in [0.25, 0.3) is 5.69 Å². The minimum absolute atomic E-state index is 0.0645. The number of amides is 1. The maximum absolute atomic E-state index is 12.3. The van der Waals surface area contributed by atoms with Gasteiger partial charge in [0.2, 0.25) is 5.91 Å². The quantitative estimate of drug-likeness (QED) is 0.719. The number of rotatable bonds is 4. The van der Waals surface area contributed by atoms with Gasteiger partial charge in [-0.15, -0.1) is 11.8 Å². The maximum Gasteiger partial charge on any atom is 0.338 e. The van der Waals surface area contributed by atoms with Crippen molar-refractivity contribution in [2.45, 2.75) is 11.5 Å². The highest BCUT2D eigenvalue weighted by atomic mass is 32.2. The number of esters is 1. The van der Waals surface area contributed by atoms with Crippen LogP contribution in [0, 0.1) is 0 Å². The topological polar surface area (TPSA) is 73.2 Å². The van der Waals surface area contributed by atoms with Crippen molar-refractivity contribution in [2.75, 3.05) is 11.1 Å². The molecule has 1 aliphatic heterocycles. The van der Waals surface area contributed by atoms with Crippen LogP contribution in [0.3, 0.4) is 0 Å². The number of carbonyl (C=O) groups is 2. The van der Waals surface area contributed by atoms with Crippen molar-refractivity contribution in [1.29, 1.82) is 0 Å². The van der Waals surface area contributed by atoms with Crippen LogP contribution in [0.4, 0.5) is 5.69 Å². The molecule has 130 valence electrons. The van der Waals surface area contributed by atoms with Crippen LogP contribution in [-0.4, -0.2) is 27.4 Å². The van der Waals surface area contributed by atoms with Crippen molar-refractivity contribution in [3.8, 4) is 5.69 Å². The van der Waals surface area contributed by atoms with Crippen LogP contribution in [0.2, 0.25) is 0 Å². The van der Waals surface area contributed by atoms with E-state index >= 15 is 0 Å². The summed E-state index contributed by atoms with van der Waals surface area (Å²) in [7, 11) is 0. The number of nitrogens with one attached hydrogen (secondary N) is 1. The van der Waals surface area contributed by atoms with E-state index in [2.05, 4.69) is 10.4 Å². The summed E-state index contributed by atoms with van der Waals surface area (Å²) in [6.07, 6.45) is 3.58. The molecule has 0 unspecified atom stereocenters. The summed E-state index contributed by atoms with van der Waals surface area (Å²) in [5, 5.41) is 6.94. The Labute approximate surface area is 154 Å². The number of carbonyl (C=O) groups excluding carboxylic acids is 2. The van der Waals surface area contributed by atoms with Crippen LogP contribution in [0.5, 0.6) is 0 Å². The summed E-state index contributed by atoms with van der Waals surface area (Å²) in [4.78, 5) is 24.7. The number of aromatic nitrogens is 2. The van der Waals surface area contributed by atoms with Crippen LogP contribution >= 0.6 is 11.8 Å². The second-order valence-corrected chi connectivity index (χ2v) is 6.76. The fraction of sp³-hybridized carbons (Fsp3) is 0.105. The Hall–Kier alpha value is -3.06. The molecule has 1 amide bonds. The van der Waals surface area contributed by atoms with E-state index in [-0.39, 0.29) is 12.5 Å². The Morgan fingerprint density at radius 2 is 2.08 bits per heavy atom. The molecule has 0 spiro atoms. The van der Waals surface area contributed by atoms with E-state index in [4.69, 9.17) is 4.74 Å². The molecular weight excluding hydrogens is 350 g/mol. The van der Waals surface area contributed by atoms with E-state index in [1.807, 2.05) is 42.6 Å². The minimum Gasteiger partial charge on any atom is -0.457 e. The highest BCUT2D eigenvalue weighted by Crippen LogP contribution is 2.32. The first-order chi connectivity index (χ1) is 12.7. The molecule has 4 rings (SSSR count). The third kappa shape index (κ3) is 3.48. The molecule has 2 aromatic carbocycles. The van der Waals surface area contributed by atoms with E-state index in [0.29, 0.717) is 17.0 Å². The molecule has 1 aromatic heterocycles. The highest BCUT2D eigenvalue weighted by molar-refractivity contribution is 8.00. The first-order valence-corrected chi connectivity index (χ1v) is 9.00. The van der Waals surface area contributed by atoms with Gasteiger partial charge in [0.05, 0.1) is 22.7 Å². The van der Waals surface area contributed by atoms with Crippen LogP contribution < -0.4 is 5.32 Å². The van der Waals surface area contributed by atoms with Gasteiger partial charge in [0.15, 0.2) is 0 Å². The van der Waals surface area contributed by atoms with Crippen LogP contribution in [0.1, 0.15) is 15.9 Å². The van der Waals surface area contributed by atoms with Crippen molar-refractivity contribution in [3.63, 3.8) is 0 Å². The van der Waals surface area contributed by atoms with Gasteiger partial charge >= 0.3 is 5.97 Å². The lowest BCUT2D eigenvalue weighted by molar-refractivity contribution is -0.113. The van der Waals surface area contributed by atoms with Gasteiger partial charge in [-0.2, -0.15) is 5.10 Å². The first kappa shape index (κ1) is 16.4. The lowest BCUT2D eigenvalue weighted by Crippen LogP contribution is -2.19. The normalized spacial score (nSPS) is 13.0. The molecule has 0 atom stereocenters. The Bertz CT molecular complexity index is 953. The van der Waals surface area contributed by atoms with Crippen molar-refractivity contribution < 1.29 is 14.3 Å². The fourth-order valence-electron chi connectivity index (χ4n) is 2.61. The summed E-state index contributed by atoms with van der Waals surface area (Å²) < 4.78 is 7.14. The summed E-state index contributed by atoms with van der Waals surface area (Å²) in [5.74, 6) is -0.0928. The van der Waals surface area contributed by atoms with Crippen molar-refractivity contribution in [3.05, 3.63) is 72.1 Å². The SMILES string of the molecule is O=C1CSc2ccc(C(=O)OCc3ccc(-n4cccn4)cc3)cc2N1. The van der Waals surface area contributed by atoms with Gasteiger partial charge in [-0.3, -0.25) is 4.79 Å². The molecule has 6 nitrogen and oxygen atoms in total. The number of hydrogen-bond acceptors (Lipinski definition) is 5. The molecule has 0 fully saturated rings. The molecule has 0 saturated carbocycles. The molecule has 3 aromatic rings. The second-order valence-electron chi connectivity index (χ2n) is 5.74. The Kier molecular flexibility index (Phi) is 4.45. The Morgan fingerprint density at radius 1 is 1.23 bits per heavy atom. The van der Waals surface area contributed by atoms with Gasteiger partial charge in [0.1, 0.15) is 6.61 Å². The van der Waals surface area contributed by atoms with Gasteiger partial charge in [0.25, 0.3) is 0 Å².